The SMILES string of the molecule is CN(CCc1ccc(N(C)Cc2ccccn2)cc1)Cc1ccccn1. The molecule has 0 bridgehead atoms. The molecule has 0 aliphatic carbocycles. The highest BCUT2D eigenvalue weighted by molar-refractivity contribution is 5.47. The number of hydrogen-bond donors (Lipinski definition) is 0. The average Bonchev–Trinajstić information content (AvgIpc) is 2.68. The van der Waals surface area contributed by atoms with E-state index in [1.54, 1.807) is 0 Å². The van der Waals surface area contributed by atoms with E-state index in [2.05, 4.69) is 70.3 Å². The first-order chi connectivity index (χ1) is 12.7. The molecule has 0 fully saturated rings. The zero-order valence-electron chi connectivity index (χ0n) is 15.5. The highest BCUT2D eigenvalue weighted by Crippen LogP contribution is 2.16. The summed E-state index contributed by atoms with van der Waals surface area (Å²) in [6.07, 6.45) is 4.73. The van der Waals surface area contributed by atoms with Crippen molar-refractivity contribution in [2.75, 3.05) is 25.5 Å². The van der Waals surface area contributed by atoms with Gasteiger partial charge in [0.05, 0.1) is 17.9 Å². The van der Waals surface area contributed by atoms with Gasteiger partial charge in [0, 0.05) is 38.2 Å². The van der Waals surface area contributed by atoms with Gasteiger partial charge in [-0.3, -0.25) is 9.97 Å². The summed E-state index contributed by atoms with van der Waals surface area (Å²) < 4.78 is 0. The maximum absolute atomic E-state index is 4.39. The molecule has 3 rings (SSSR count). The molecular weight excluding hydrogens is 320 g/mol. The van der Waals surface area contributed by atoms with Crippen molar-refractivity contribution in [3.8, 4) is 0 Å². The Morgan fingerprint density at radius 1 is 0.731 bits per heavy atom. The van der Waals surface area contributed by atoms with E-state index in [1.165, 1.54) is 11.3 Å². The largest absolute Gasteiger partial charge is 0.369 e. The van der Waals surface area contributed by atoms with Gasteiger partial charge >= 0.3 is 0 Å². The number of pyridine rings is 2. The van der Waals surface area contributed by atoms with Crippen LogP contribution in [0.15, 0.2) is 73.1 Å². The van der Waals surface area contributed by atoms with E-state index in [0.717, 1.165) is 37.4 Å². The Kier molecular flexibility index (Phi) is 6.34. The van der Waals surface area contributed by atoms with Crippen LogP contribution in [-0.4, -0.2) is 35.5 Å². The Bertz CT molecular complexity index is 772. The molecule has 1 aromatic carbocycles. The van der Waals surface area contributed by atoms with Crippen molar-refractivity contribution >= 4 is 5.69 Å². The van der Waals surface area contributed by atoms with Gasteiger partial charge < -0.3 is 9.80 Å². The van der Waals surface area contributed by atoms with Crippen LogP contribution < -0.4 is 4.90 Å². The van der Waals surface area contributed by atoms with Crippen LogP contribution in [0.3, 0.4) is 0 Å². The molecule has 0 N–H and O–H groups in total. The zero-order valence-corrected chi connectivity index (χ0v) is 15.5. The molecule has 3 aromatic rings. The first kappa shape index (κ1) is 18.1. The summed E-state index contributed by atoms with van der Waals surface area (Å²) in [4.78, 5) is 13.3. The Morgan fingerprint density at radius 2 is 1.35 bits per heavy atom. The van der Waals surface area contributed by atoms with Crippen LogP contribution in [0.1, 0.15) is 17.0 Å². The number of benzene rings is 1. The lowest BCUT2D eigenvalue weighted by Crippen LogP contribution is -2.21. The van der Waals surface area contributed by atoms with Gasteiger partial charge in [-0.15, -0.1) is 0 Å². The van der Waals surface area contributed by atoms with E-state index in [1.807, 2.05) is 36.7 Å². The first-order valence-corrected chi connectivity index (χ1v) is 8.99. The molecular formula is C22H26N4. The van der Waals surface area contributed by atoms with Crippen LogP contribution in [0, 0.1) is 0 Å². The number of anilines is 1. The van der Waals surface area contributed by atoms with E-state index in [-0.39, 0.29) is 0 Å². The molecule has 0 saturated carbocycles. The molecule has 0 spiro atoms. The number of rotatable bonds is 8. The van der Waals surface area contributed by atoms with E-state index in [4.69, 9.17) is 0 Å². The quantitative estimate of drug-likeness (QED) is 0.621. The smallest absolute Gasteiger partial charge is 0.0598 e. The van der Waals surface area contributed by atoms with E-state index < -0.39 is 0 Å². The van der Waals surface area contributed by atoms with Gasteiger partial charge in [0.25, 0.3) is 0 Å². The van der Waals surface area contributed by atoms with Gasteiger partial charge in [-0.2, -0.15) is 0 Å². The van der Waals surface area contributed by atoms with Crippen LogP contribution in [-0.2, 0) is 19.5 Å². The van der Waals surface area contributed by atoms with Gasteiger partial charge in [0.15, 0.2) is 0 Å². The molecule has 0 aliphatic heterocycles. The summed E-state index contributed by atoms with van der Waals surface area (Å²) >= 11 is 0. The lowest BCUT2D eigenvalue weighted by atomic mass is 10.1. The van der Waals surface area contributed by atoms with Crippen LogP contribution in [0.5, 0.6) is 0 Å². The van der Waals surface area contributed by atoms with Crippen molar-refractivity contribution < 1.29 is 0 Å². The highest BCUT2D eigenvalue weighted by atomic mass is 15.1. The Labute approximate surface area is 156 Å². The fraction of sp³-hybridized carbons (Fsp3) is 0.273. The minimum absolute atomic E-state index is 0.813. The predicted molar refractivity (Wildman–Crippen MR) is 107 cm³/mol. The number of aromatic nitrogens is 2. The molecule has 2 aromatic heterocycles. The normalized spacial score (nSPS) is 10.9. The number of likely N-dealkylation sites (N-methyl/N-ethyl adjacent to an activating group) is 1. The minimum atomic E-state index is 0.813. The second-order valence-electron chi connectivity index (χ2n) is 6.65. The molecule has 0 atom stereocenters. The Balaban J connectivity index is 1.49. The molecule has 0 unspecified atom stereocenters. The maximum atomic E-state index is 4.39. The highest BCUT2D eigenvalue weighted by Gasteiger charge is 2.05. The van der Waals surface area contributed by atoms with Crippen LogP contribution >= 0.6 is 0 Å². The summed E-state index contributed by atoms with van der Waals surface area (Å²) in [6, 6.07) is 20.9. The van der Waals surface area contributed by atoms with Gasteiger partial charge in [-0.1, -0.05) is 24.3 Å². The minimum Gasteiger partial charge on any atom is -0.369 e. The van der Waals surface area contributed by atoms with Crippen molar-refractivity contribution in [1.82, 2.24) is 14.9 Å². The molecule has 26 heavy (non-hydrogen) atoms. The summed E-state index contributed by atoms with van der Waals surface area (Å²) in [7, 11) is 4.24. The average molecular weight is 346 g/mol. The Hall–Kier alpha value is -2.72. The van der Waals surface area contributed by atoms with Crippen molar-refractivity contribution in [3.63, 3.8) is 0 Å². The first-order valence-electron chi connectivity index (χ1n) is 8.99. The standard InChI is InChI=1S/C22H26N4/c1-25(17-20-7-3-5-14-23-20)16-13-19-9-11-22(12-10-19)26(2)18-21-8-4-6-15-24-21/h3-12,14-15H,13,16-18H2,1-2H3. The molecule has 2 heterocycles. The van der Waals surface area contributed by atoms with Crippen molar-refractivity contribution in [3.05, 3.63) is 90.0 Å². The van der Waals surface area contributed by atoms with E-state index in [9.17, 15) is 0 Å². The molecule has 4 heteroatoms. The molecule has 0 radical (unpaired) electrons. The van der Waals surface area contributed by atoms with Gasteiger partial charge in [0.2, 0.25) is 0 Å². The number of hydrogen-bond acceptors (Lipinski definition) is 4. The van der Waals surface area contributed by atoms with E-state index >= 15 is 0 Å². The maximum Gasteiger partial charge on any atom is 0.0598 e. The third-order valence-corrected chi connectivity index (χ3v) is 4.44. The predicted octanol–water partition coefficient (Wildman–Crippen LogP) is 3.79. The molecule has 0 aliphatic rings. The fourth-order valence-electron chi connectivity index (χ4n) is 2.91. The monoisotopic (exact) mass is 346 g/mol. The summed E-state index contributed by atoms with van der Waals surface area (Å²) in [6.45, 7) is 2.71. The van der Waals surface area contributed by atoms with Gasteiger partial charge in [0.1, 0.15) is 0 Å². The summed E-state index contributed by atoms with van der Waals surface area (Å²) in [5.41, 5.74) is 4.76. The molecule has 0 saturated heterocycles. The van der Waals surface area contributed by atoms with Crippen LogP contribution in [0.4, 0.5) is 5.69 Å². The van der Waals surface area contributed by atoms with Crippen molar-refractivity contribution in [2.45, 2.75) is 19.5 Å². The summed E-state index contributed by atoms with van der Waals surface area (Å²) in [5, 5.41) is 0. The molecule has 0 amide bonds. The third-order valence-electron chi connectivity index (χ3n) is 4.44. The van der Waals surface area contributed by atoms with Gasteiger partial charge in [-0.25, -0.2) is 0 Å². The number of nitrogens with zero attached hydrogens (tertiary/aromatic N) is 4. The molecule has 134 valence electrons. The summed E-state index contributed by atoms with van der Waals surface area (Å²) in [5.74, 6) is 0. The molecule has 4 nitrogen and oxygen atoms in total. The van der Waals surface area contributed by atoms with Crippen molar-refractivity contribution in [1.29, 1.82) is 0 Å². The Morgan fingerprint density at radius 3 is 1.92 bits per heavy atom. The topological polar surface area (TPSA) is 32.3 Å². The lowest BCUT2D eigenvalue weighted by molar-refractivity contribution is 0.327. The third kappa shape index (κ3) is 5.39. The second kappa shape index (κ2) is 9.11. The zero-order chi connectivity index (χ0) is 18.2. The van der Waals surface area contributed by atoms with E-state index in [0.29, 0.717) is 0 Å². The van der Waals surface area contributed by atoms with Gasteiger partial charge in [-0.05, 0) is 55.4 Å². The van der Waals surface area contributed by atoms with Crippen molar-refractivity contribution in [2.24, 2.45) is 0 Å². The van der Waals surface area contributed by atoms with Crippen LogP contribution in [0.25, 0.3) is 0 Å². The van der Waals surface area contributed by atoms with Crippen LogP contribution in [0.2, 0.25) is 0 Å². The second-order valence-corrected chi connectivity index (χ2v) is 6.65. The fourth-order valence-corrected chi connectivity index (χ4v) is 2.91. The lowest BCUT2D eigenvalue weighted by Gasteiger charge is -2.20.